The van der Waals surface area contributed by atoms with E-state index in [1.807, 2.05) is 27.0 Å². The number of hydrogen-bond donors (Lipinski definition) is 2. The Morgan fingerprint density at radius 1 is 1.29 bits per heavy atom. The minimum absolute atomic E-state index is 0.129. The third-order valence-electron chi connectivity index (χ3n) is 6.86. The Hall–Kier alpha value is -2.02. The second-order valence-corrected chi connectivity index (χ2v) is 12.8. The van der Waals surface area contributed by atoms with Crippen LogP contribution in [-0.2, 0) is 24.2 Å². The van der Waals surface area contributed by atoms with Gasteiger partial charge in [-0.15, -0.1) is 22.7 Å². The van der Waals surface area contributed by atoms with Crippen LogP contribution in [0.3, 0.4) is 0 Å². The fourth-order valence-corrected chi connectivity index (χ4v) is 6.49. The van der Waals surface area contributed by atoms with E-state index < -0.39 is 0 Å². The van der Waals surface area contributed by atoms with Crippen LogP contribution in [0, 0.1) is 29.6 Å². The summed E-state index contributed by atoms with van der Waals surface area (Å²) in [6.07, 6.45) is 9.12. The molecule has 7 nitrogen and oxygen atoms in total. The number of carbonyl (C=O) groups excluding carboxylic acids is 1. The molecule has 3 heterocycles. The molecule has 1 aliphatic carbocycles. The van der Waals surface area contributed by atoms with Crippen molar-refractivity contribution in [3.05, 3.63) is 26.7 Å². The smallest absolute Gasteiger partial charge is 0.225 e. The molecule has 9 heteroatoms. The Labute approximate surface area is 211 Å². The summed E-state index contributed by atoms with van der Waals surface area (Å²) in [5.74, 6) is 0.879. The number of aromatic nitrogens is 2. The monoisotopic (exact) mass is 500 g/mol. The van der Waals surface area contributed by atoms with Crippen molar-refractivity contribution >= 4 is 33.7 Å². The molecular formula is C25H36N6OS2. The first kappa shape index (κ1) is 25.1. The van der Waals surface area contributed by atoms with Gasteiger partial charge in [0.05, 0.1) is 28.6 Å². The van der Waals surface area contributed by atoms with Crippen LogP contribution in [0.4, 0.5) is 5.13 Å². The normalized spacial score (nSPS) is 21.0. The predicted molar refractivity (Wildman–Crippen MR) is 138 cm³/mol. The van der Waals surface area contributed by atoms with Crippen molar-refractivity contribution in [3.8, 4) is 6.07 Å². The van der Waals surface area contributed by atoms with Gasteiger partial charge in [-0.1, -0.05) is 0 Å². The SMILES string of the molecule is Cc1ncc(CC(=O)N[C@H]2CC[C@H](CCN3CCc4sc(NCC(C)(C)C#N)nc4C3)CC2)s1. The van der Waals surface area contributed by atoms with Crippen LogP contribution in [0.5, 0.6) is 0 Å². The van der Waals surface area contributed by atoms with E-state index in [9.17, 15) is 10.1 Å². The van der Waals surface area contributed by atoms with Crippen LogP contribution in [0.25, 0.3) is 0 Å². The van der Waals surface area contributed by atoms with E-state index in [1.165, 1.54) is 29.8 Å². The van der Waals surface area contributed by atoms with E-state index in [0.29, 0.717) is 19.0 Å². The van der Waals surface area contributed by atoms with Gasteiger partial charge >= 0.3 is 0 Å². The number of carbonyl (C=O) groups is 1. The predicted octanol–water partition coefficient (Wildman–Crippen LogP) is 4.54. The van der Waals surface area contributed by atoms with Crippen LogP contribution in [0.1, 0.15) is 66.4 Å². The number of rotatable bonds is 9. The van der Waals surface area contributed by atoms with Crippen molar-refractivity contribution < 1.29 is 4.79 Å². The highest BCUT2D eigenvalue weighted by Crippen LogP contribution is 2.31. The summed E-state index contributed by atoms with van der Waals surface area (Å²) in [5.41, 5.74) is 0.817. The van der Waals surface area contributed by atoms with Crippen LogP contribution >= 0.6 is 22.7 Å². The molecule has 1 fully saturated rings. The molecule has 1 aliphatic heterocycles. The zero-order valence-electron chi connectivity index (χ0n) is 20.5. The van der Waals surface area contributed by atoms with Gasteiger partial charge in [0.15, 0.2) is 5.13 Å². The summed E-state index contributed by atoms with van der Waals surface area (Å²) in [7, 11) is 0. The van der Waals surface area contributed by atoms with Gasteiger partial charge in [-0.05, 0) is 71.8 Å². The van der Waals surface area contributed by atoms with Gasteiger partial charge in [0.2, 0.25) is 5.91 Å². The van der Waals surface area contributed by atoms with Gasteiger partial charge in [0, 0.05) is 41.6 Å². The van der Waals surface area contributed by atoms with Crippen molar-refractivity contribution in [2.75, 3.05) is 25.0 Å². The van der Waals surface area contributed by atoms with Crippen LogP contribution in [0.15, 0.2) is 6.20 Å². The molecule has 2 aliphatic rings. The molecule has 34 heavy (non-hydrogen) atoms. The molecule has 2 N–H and O–H groups in total. The first-order valence-electron chi connectivity index (χ1n) is 12.4. The highest BCUT2D eigenvalue weighted by Gasteiger charge is 2.25. The molecule has 184 valence electrons. The van der Waals surface area contributed by atoms with Gasteiger partial charge in [-0.25, -0.2) is 9.97 Å². The summed E-state index contributed by atoms with van der Waals surface area (Å²) in [6, 6.07) is 2.66. The van der Waals surface area contributed by atoms with E-state index >= 15 is 0 Å². The van der Waals surface area contributed by atoms with Gasteiger partial charge < -0.3 is 10.6 Å². The average Bonchev–Trinajstić information content (AvgIpc) is 3.42. The fourth-order valence-electron chi connectivity index (χ4n) is 4.74. The summed E-state index contributed by atoms with van der Waals surface area (Å²) in [6.45, 7) is 9.63. The molecule has 0 unspecified atom stereocenters. The fraction of sp³-hybridized carbons (Fsp3) is 0.680. The highest BCUT2D eigenvalue weighted by molar-refractivity contribution is 7.15. The quantitative estimate of drug-likeness (QED) is 0.525. The molecular weight excluding hydrogens is 464 g/mol. The zero-order valence-corrected chi connectivity index (χ0v) is 22.2. The maximum absolute atomic E-state index is 12.3. The number of amides is 1. The third kappa shape index (κ3) is 7.00. The Morgan fingerprint density at radius 3 is 2.79 bits per heavy atom. The topological polar surface area (TPSA) is 93.9 Å². The number of nitriles is 1. The van der Waals surface area contributed by atoms with E-state index in [1.54, 1.807) is 22.7 Å². The molecule has 0 bridgehead atoms. The molecule has 2 aromatic heterocycles. The number of thiazole rings is 2. The van der Waals surface area contributed by atoms with Crippen molar-refractivity contribution in [1.82, 2.24) is 20.2 Å². The second-order valence-electron chi connectivity index (χ2n) is 10.4. The standard InChI is InChI=1S/C25H36N6OS2/c1-17-27-13-20(33-17)12-23(32)29-19-6-4-18(5-7-19)8-10-31-11-9-22-21(14-31)30-24(34-22)28-16-25(2,3)15-26/h13,18-19H,4-12,14,16H2,1-3H3,(H,28,30)(H,29,32)/t18-,19-. The highest BCUT2D eigenvalue weighted by atomic mass is 32.1. The van der Waals surface area contributed by atoms with Crippen LogP contribution in [0.2, 0.25) is 0 Å². The lowest BCUT2D eigenvalue weighted by atomic mass is 9.84. The Kier molecular flexibility index (Phi) is 8.22. The van der Waals surface area contributed by atoms with Gasteiger partial charge in [-0.3, -0.25) is 9.69 Å². The maximum Gasteiger partial charge on any atom is 0.225 e. The molecule has 0 spiro atoms. The summed E-state index contributed by atoms with van der Waals surface area (Å²) >= 11 is 3.35. The van der Waals surface area contributed by atoms with Crippen LogP contribution in [-0.4, -0.2) is 46.5 Å². The van der Waals surface area contributed by atoms with E-state index in [4.69, 9.17) is 4.98 Å². The number of nitrogens with zero attached hydrogens (tertiary/aromatic N) is 4. The lowest BCUT2D eigenvalue weighted by Gasteiger charge is -2.32. The Bertz CT molecular complexity index is 1020. The molecule has 4 rings (SSSR count). The minimum atomic E-state index is -0.388. The first-order valence-corrected chi connectivity index (χ1v) is 14.0. The Balaban J connectivity index is 1.15. The molecule has 0 radical (unpaired) electrons. The van der Waals surface area contributed by atoms with Gasteiger partial charge in [-0.2, -0.15) is 5.26 Å². The van der Waals surface area contributed by atoms with Crippen molar-refractivity contribution in [3.63, 3.8) is 0 Å². The summed E-state index contributed by atoms with van der Waals surface area (Å²) < 4.78 is 0. The number of nitrogens with one attached hydrogen (secondary N) is 2. The van der Waals surface area contributed by atoms with Gasteiger partial charge in [0.1, 0.15) is 0 Å². The van der Waals surface area contributed by atoms with Crippen molar-refractivity contribution in [1.29, 1.82) is 5.26 Å². The van der Waals surface area contributed by atoms with Crippen molar-refractivity contribution in [2.45, 2.75) is 78.3 Å². The molecule has 1 saturated carbocycles. The second kappa shape index (κ2) is 11.1. The largest absolute Gasteiger partial charge is 0.360 e. The third-order valence-corrected chi connectivity index (χ3v) is 8.89. The van der Waals surface area contributed by atoms with Gasteiger partial charge in [0.25, 0.3) is 0 Å². The summed E-state index contributed by atoms with van der Waals surface area (Å²) in [4.78, 5) is 26.4. The maximum atomic E-state index is 12.3. The van der Waals surface area contributed by atoms with Crippen molar-refractivity contribution in [2.24, 2.45) is 11.3 Å². The van der Waals surface area contributed by atoms with E-state index in [0.717, 1.165) is 59.8 Å². The zero-order chi connectivity index (χ0) is 24.1. The number of fused-ring (bicyclic) bond motifs is 1. The van der Waals surface area contributed by atoms with E-state index in [-0.39, 0.29) is 11.3 Å². The Morgan fingerprint density at radius 2 is 2.09 bits per heavy atom. The number of hydrogen-bond acceptors (Lipinski definition) is 8. The average molecular weight is 501 g/mol. The summed E-state index contributed by atoms with van der Waals surface area (Å²) in [5, 5.41) is 17.8. The minimum Gasteiger partial charge on any atom is -0.360 e. The molecule has 1 amide bonds. The number of aryl methyl sites for hydroxylation is 1. The molecule has 0 saturated heterocycles. The lowest BCUT2D eigenvalue weighted by Crippen LogP contribution is -2.39. The molecule has 0 aromatic carbocycles. The molecule has 2 aromatic rings. The first-order chi connectivity index (χ1) is 16.3. The number of anilines is 1. The molecule has 0 atom stereocenters. The van der Waals surface area contributed by atoms with Crippen LogP contribution < -0.4 is 10.6 Å². The van der Waals surface area contributed by atoms with E-state index in [2.05, 4.69) is 26.6 Å². The lowest BCUT2D eigenvalue weighted by molar-refractivity contribution is -0.121.